The molecule has 7 nitrogen and oxygen atoms in total. The molecule has 29 heavy (non-hydrogen) atoms. The Bertz CT molecular complexity index is 1060. The van der Waals surface area contributed by atoms with E-state index >= 15 is 0 Å². The summed E-state index contributed by atoms with van der Waals surface area (Å²) in [4.78, 5) is 21.4. The molecule has 152 valence electrons. The van der Waals surface area contributed by atoms with Crippen molar-refractivity contribution < 1.29 is 4.79 Å². The first-order chi connectivity index (χ1) is 13.7. The van der Waals surface area contributed by atoms with Gasteiger partial charge in [-0.15, -0.1) is 0 Å². The molecule has 0 saturated heterocycles. The number of hydrogen-bond donors (Lipinski definition) is 2. The fourth-order valence-electron chi connectivity index (χ4n) is 4.55. The van der Waals surface area contributed by atoms with Crippen molar-refractivity contribution in [2.45, 2.75) is 46.5 Å². The maximum Gasteiger partial charge on any atom is 0.246 e. The number of rotatable bonds is 4. The zero-order chi connectivity index (χ0) is 20.8. The van der Waals surface area contributed by atoms with Crippen molar-refractivity contribution in [1.29, 1.82) is 0 Å². The van der Waals surface area contributed by atoms with Gasteiger partial charge in [0.25, 0.3) is 0 Å². The Morgan fingerprint density at radius 1 is 1.34 bits per heavy atom. The normalized spacial score (nSPS) is 23.8. The first-order valence-corrected chi connectivity index (χ1v) is 10.0. The number of imidazole rings is 1. The standard InChI is InChI=1S/C22H28N6O/c1-14-15(13-28(5)27-14)12-23-26-20(29)22(4)11-10-16(21(22,2)3)19-24-17-8-6-7-9-18(17)25-19/h6-9,12-13,16H,10-11H2,1-5H3,(H,24,25)(H,26,29)/b23-12-/t16-,22+/m0/s1. The van der Waals surface area contributed by atoms with Crippen molar-refractivity contribution in [2.24, 2.45) is 23.0 Å². The van der Waals surface area contributed by atoms with Crippen LogP contribution in [0.25, 0.3) is 11.0 Å². The molecule has 0 radical (unpaired) electrons. The minimum atomic E-state index is -0.544. The Morgan fingerprint density at radius 2 is 2.10 bits per heavy atom. The highest BCUT2D eigenvalue weighted by Crippen LogP contribution is 2.59. The van der Waals surface area contributed by atoms with Crippen molar-refractivity contribution in [3.63, 3.8) is 0 Å². The molecule has 1 amide bonds. The van der Waals surface area contributed by atoms with Gasteiger partial charge in [-0.1, -0.05) is 32.9 Å². The van der Waals surface area contributed by atoms with Crippen molar-refractivity contribution in [2.75, 3.05) is 0 Å². The van der Waals surface area contributed by atoms with Crippen LogP contribution in [0, 0.1) is 17.8 Å². The number of nitrogens with zero attached hydrogens (tertiary/aromatic N) is 4. The summed E-state index contributed by atoms with van der Waals surface area (Å²) >= 11 is 0. The van der Waals surface area contributed by atoms with Crippen molar-refractivity contribution in [3.8, 4) is 0 Å². The fraction of sp³-hybridized carbons (Fsp3) is 0.455. The van der Waals surface area contributed by atoms with E-state index in [1.54, 1.807) is 10.9 Å². The highest BCUT2D eigenvalue weighted by Gasteiger charge is 2.57. The minimum Gasteiger partial charge on any atom is -0.342 e. The van der Waals surface area contributed by atoms with E-state index in [2.05, 4.69) is 34.5 Å². The van der Waals surface area contributed by atoms with E-state index in [4.69, 9.17) is 4.98 Å². The monoisotopic (exact) mass is 392 g/mol. The Kier molecular flexibility index (Phi) is 4.56. The van der Waals surface area contributed by atoms with Gasteiger partial charge in [0.05, 0.1) is 28.4 Å². The molecular formula is C22H28N6O. The predicted octanol–water partition coefficient (Wildman–Crippen LogP) is 3.67. The van der Waals surface area contributed by atoms with Gasteiger partial charge in [-0.25, -0.2) is 10.4 Å². The topological polar surface area (TPSA) is 88.0 Å². The van der Waals surface area contributed by atoms with E-state index in [1.807, 2.05) is 51.4 Å². The summed E-state index contributed by atoms with van der Waals surface area (Å²) in [5, 5.41) is 8.49. The molecule has 0 bridgehead atoms. The van der Waals surface area contributed by atoms with Crippen LogP contribution in [-0.2, 0) is 11.8 Å². The van der Waals surface area contributed by atoms with Crippen LogP contribution < -0.4 is 5.43 Å². The zero-order valence-electron chi connectivity index (χ0n) is 17.7. The molecule has 2 atom stereocenters. The summed E-state index contributed by atoms with van der Waals surface area (Å²) in [5.41, 5.74) is 5.72. The van der Waals surface area contributed by atoms with Crippen molar-refractivity contribution in [3.05, 3.63) is 47.5 Å². The second-order valence-electron chi connectivity index (χ2n) is 8.83. The number of carbonyl (C=O) groups is 1. The van der Waals surface area contributed by atoms with Gasteiger partial charge in [-0.3, -0.25) is 9.48 Å². The number of carbonyl (C=O) groups excluding carboxylic acids is 1. The lowest BCUT2D eigenvalue weighted by atomic mass is 9.65. The molecule has 0 aliphatic heterocycles. The quantitative estimate of drug-likeness (QED) is 0.525. The van der Waals surface area contributed by atoms with Gasteiger partial charge in [-0.2, -0.15) is 10.2 Å². The highest BCUT2D eigenvalue weighted by atomic mass is 16.2. The summed E-state index contributed by atoms with van der Waals surface area (Å²) in [6.45, 7) is 8.27. The Hall–Kier alpha value is -2.96. The molecule has 2 heterocycles. The van der Waals surface area contributed by atoms with Gasteiger partial charge in [0, 0.05) is 24.7 Å². The van der Waals surface area contributed by atoms with Crippen LogP contribution in [0.2, 0.25) is 0 Å². The van der Waals surface area contributed by atoms with E-state index in [0.29, 0.717) is 0 Å². The van der Waals surface area contributed by atoms with Crippen LogP contribution in [0.1, 0.15) is 56.6 Å². The molecule has 2 N–H and O–H groups in total. The highest BCUT2D eigenvalue weighted by molar-refractivity contribution is 5.86. The lowest BCUT2D eigenvalue weighted by molar-refractivity contribution is -0.135. The molecule has 0 unspecified atom stereocenters. The maximum atomic E-state index is 13.1. The number of para-hydroxylation sites is 2. The Labute approximate surface area is 170 Å². The van der Waals surface area contributed by atoms with Gasteiger partial charge in [0.15, 0.2) is 0 Å². The second kappa shape index (κ2) is 6.83. The predicted molar refractivity (Wildman–Crippen MR) is 114 cm³/mol. The molecule has 2 aromatic heterocycles. The summed E-state index contributed by atoms with van der Waals surface area (Å²) in [7, 11) is 1.86. The Balaban J connectivity index is 1.54. The summed E-state index contributed by atoms with van der Waals surface area (Å²) in [6.07, 6.45) is 5.23. The van der Waals surface area contributed by atoms with Crippen LogP contribution in [0.5, 0.6) is 0 Å². The maximum absolute atomic E-state index is 13.1. The van der Waals surface area contributed by atoms with Gasteiger partial charge in [-0.05, 0) is 37.3 Å². The molecule has 1 aliphatic rings. The second-order valence-corrected chi connectivity index (χ2v) is 8.83. The minimum absolute atomic E-state index is 0.0566. The molecule has 1 fully saturated rings. The van der Waals surface area contributed by atoms with E-state index < -0.39 is 5.41 Å². The SMILES string of the molecule is Cc1nn(C)cc1/C=N\NC(=O)[C@@]1(C)CC[C@@H](c2nc3ccccc3[nH]2)C1(C)C. The summed E-state index contributed by atoms with van der Waals surface area (Å²) in [6, 6.07) is 8.04. The van der Waals surface area contributed by atoms with Crippen LogP contribution in [0.15, 0.2) is 35.6 Å². The molecule has 3 aromatic rings. The number of fused-ring (bicyclic) bond motifs is 1. The molecule has 1 aliphatic carbocycles. The van der Waals surface area contributed by atoms with E-state index in [9.17, 15) is 4.79 Å². The van der Waals surface area contributed by atoms with Crippen LogP contribution in [0.4, 0.5) is 0 Å². The van der Waals surface area contributed by atoms with E-state index in [1.165, 1.54) is 0 Å². The molecule has 0 spiro atoms. The molecule has 1 aromatic carbocycles. The molecule has 1 saturated carbocycles. The first kappa shape index (κ1) is 19.4. The third-order valence-electron chi connectivity index (χ3n) is 6.89. The van der Waals surface area contributed by atoms with Crippen molar-refractivity contribution in [1.82, 2.24) is 25.2 Å². The number of aromatic nitrogens is 4. The number of H-pyrrole nitrogens is 1. The molecular weight excluding hydrogens is 364 g/mol. The van der Waals surface area contributed by atoms with Crippen LogP contribution in [-0.4, -0.2) is 31.9 Å². The lowest BCUT2D eigenvalue weighted by Crippen LogP contribution is -2.45. The lowest BCUT2D eigenvalue weighted by Gasteiger charge is -2.39. The van der Waals surface area contributed by atoms with Gasteiger partial charge in [0.1, 0.15) is 5.82 Å². The number of benzene rings is 1. The average Bonchev–Trinajstić information content (AvgIpc) is 3.29. The third kappa shape index (κ3) is 3.14. The molecule has 7 heteroatoms. The van der Waals surface area contributed by atoms with Gasteiger partial charge >= 0.3 is 0 Å². The van der Waals surface area contributed by atoms with E-state index in [0.717, 1.165) is 41.0 Å². The third-order valence-corrected chi connectivity index (χ3v) is 6.89. The first-order valence-electron chi connectivity index (χ1n) is 10.0. The molecule has 4 rings (SSSR count). The summed E-state index contributed by atoms with van der Waals surface area (Å²) < 4.78 is 1.73. The van der Waals surface area contributed by atoms with Crippen molar-refractivity contribution >= 4 is 23.2 Å². The van der Waals surface area contributed by atoms with Crippen LogP contribution >= 0.6 is 0 Å². The summed E-state index contributed by atoms with van der Waals surface area (Å²) in [5.74, 6) is 1.08. The average molecular weight is 393 g/mol. The van der Waals surface area contributed by atoms with Gasteiger partial charge in [0.2, 0.25) is 5.91 Å². The number of aryl methyl sites for hydroxylation is 2. The fourth-order valence-corrected chi connectivity index (χ4v) is 4.55. The van der Waals surface area contributed by atoms with E-state index in [-0.39, 0.29) is 17.2 Å². The Morgan fingerprint density at radius 3 is 2.79 bits per heavy atom. The smallest absolute Gasteiger partial charge is 0.246 e. The number of nitrogens with one attached hydrogen (secondary N) is 2. The number of hydrazone groups is 1. The number of hydrogen-bond acceptors (Lipinski definition) is 4. The van der Waals surface area contributed by atoms with Crippen LogP contribution in [0.3, 0.4) is 0 Å². The van der Waals surface area contributed by atoms with Gasteiger partial charge < -0.3 is 4.98 Å². The number of aromatic amines is 1. The zero-order valence-corrected chi connectivity index (χ0v) is 17.7. The number of amides is 1. The largest absolute Gasteiger partial charge is 0.342 e.